The number of H-pyrrole nitrogens is 1. The van der Waals surface area contributed by atoms with Crippen LogP contribution in [0, 0.1) is 0 Å². The molecule has 0 aliphatic heterocycles. The maximum Gasteiger partial charge on any atom is 0.0882 e. The van der Waals surface area contributed by atoms with E-state index in [4.69, 9.17) is 5.73 Å². The lowest BCUT2D eigenvalue weighted by Gasteiger charge is -2.02. The van der Waals surface area contributed by atoms with Crippen LogP contribution in [0.3, 0.4) is 0 Å². The first-order valence-corrected chi connectivity index (χ1v) is 3.97. The molecule has 0 amide bonds. The Morgan fingerprint density at radius 1 is 1.38 bits per heavy atom. The molecule has 2 rings (SSSR count). The fourth-order valence-electron chi connectivity index (χ4n) is 1.20. The summed E-state index contributed by atoms with van der Waals surface area (Å²) in [4.78, 5) is 7.46. The highest BCUT2D eigenvalue weighted by Crippen LogP contribution is 2.13. The third-order valence-corrected chi connectivity index (χ3v) is 1.89. The minimum absolute atomic E-state index is 0. The van der Waals surface area contributed by atoms with Crippen LogP contribution in [0.5, 0.6) is 0 Å². The lowest BCUT2D eigenvalue weighted by atomic mass is 10.2. The van der Waals surface area contributed by atoms with E-state index in [1.807, 2.05) is 31.3 Å². The fraction of sp³-hybridized carbons (Fsp3) is 0.222. The van der Waals surface area contributed by atoms with E-state index >= 15 is 0 Å². The molecule has 2 heterocycles. The Morgan fingerprint density at radius 3 is 2.85 bits per heavy atom. The Morgan fingerprint density at radius 2 is 2.15 bits per heavy atom. The average molecular weight is 198 g/mol. The lowest BCUT2D eigenvalue weighted by molar-refractivity contribution is 0.787. The molecule has 2 aromatic rings. The van der Waals surface area contributed by atoms with Gasteiger partial charge in [-0.25, -0.2) is 4.98 Å². The second kappa shape index (κ2) is 3.77. The zero-order valence-corrected chi connectivity index (χ0v) is 8.14. The normalized spacial score (nSPS) is 12.5. The number of fused-ring (bicyclic) bond motifs is 1. The summed E-state index contributed by atoms with van der Waals surface area (Å²) in [6.45, 7) is 1.93. The monoisotopic (exact) mass is 197 g/mol. The summed E-state index contributed by atoms with van der Waals surface area (Å²) < 4.78 is 0. The SMILES string of the molecule is CC(N)c1ccc2[nH]ccc2n1.Cl. The van der Waals surface area contributed by atoms with Gasteiger partial charge in [0.1, 0.15) is 0 Å². The van der Waals surface area contributed by atoms with Gasteiger partial charge >= 0.3 is 0 Å². The minimum atomic E-state index is 0. The molecule has 2 aromatic heterocycles. The van der Waals surface area contributed by atoms with Gasteiger partial charge in [-0.2, -0.15) is 0 Å². The summed E-state index contributed by atoms with van der Waals surface area (Å²) in [5, 5.41) is 0. The van der Waals surface area contributed by atoms with Crippen molar-refractivity contribution in [2.24, 2.45) is 5.73 Å². The average Bonchev–Trinajstić information content (AvgIpc) is 2.49. The van der Waals surface area contributed by atoms with Crippen LogP contribution < -0.4 is 5.73 Å². The Labute approximate surface area is 82.8 Å². The van der Waals surface area contributed by atoms with E-state index in [0.717, 1.165) is 16.7 Å². The highest BCUT2D eigenvalue weighted by Gasteiger charge is 2.01. The molecule has 1 atom stereocenters. The van der Waals surface area contributed by atoms with Crippen LogP contribution in [0.4, 0.5) is 0 Å². The number of halogens is 1. The van der Waals surface area contributed by atoms with E-state index in [1.54, 1.807) is 0 Å². The Bertz CT molecular complexity index is 394. The van der Waals surface area contributed by atoms with Gasteiger partial charge in [-0.1, -0.05) is 0 Å². The van der Waals surface area contributed by atoms with Crippen molar-refractivity contribution < 1.29 is 0 Å². The molecule has 4 heteroatoms. The standard InChI is InChI=1S/C9H11N3.ClH/c1-6(10)7-2-3-8-9(12-7)4-5-11-8;/h2-6,11H,10H2,1H3;1H. The highest BCUT2D eigenvalue weighted by atomic mass is 35.5. The number of nitrogens with one attached hydrogen (secondary N) is 1. The van der Waals surface area contributed by atoms with Crippen LogP contribution >= 0.6 is 12.4 Å². The molecule has 0 aromatic carbocycles. The number of nitrogens with zero attached hydrogens (tertiary/aromatic N) is 1. The number of aromatic nitrogens is 2. The minimum Gasteiger partial charge on any atom is -0.360 e. The molecule has 0 saturated carbocycles. The molecule has 0 saturated heterocycles. The number of rotatable bonds is 1. The largest absolute Gasteiger partial charge is 0.360 e. The molecule has 0 aliphatic carbocycles. The first-order valence-electron chi connectivity index (χ1n) is 3.97. The van der Waals surface area contributed by atoms with E-state index < -0.39 is 0 Å². The van der Waals surface area contributed by atoms with Crippen LogP contribution in [0.1, 0.15) is 18.7 Å². The van der Waals surface area contributed by atoms with Crippen LogP contribution in [0.2, 0.25) is 0 Å². The molecule has 3 N–H and O–H groups in total. The van der Waals surface area contributed by atoms with Gasteiger partial charge in [0, 0.05) is 12.2 Å². The predicted molar refractivity (Wildman–Crippen MR) is 55.9 cm³/mol. The van der Waals surface area contributed by atoms with Crippen LogP contribution in [-0.4, -0.2) is 9.97 Å². The van der Waals surface area contributed by atoms with Crippen molar-refractivity contribution >= 4 is 23.4 Å². The van der Waals surface area contributed by atoms with Crippen molar-refractivity contribution in [2.45, 2.75) is 13.0 Å². The van der Waals surface area contributed by atoms with Gasteiger partial charge in [-0.3, -0.25) is 0 Å². The van der Waals surface area contributed by atoms with E-state index in [2.05, 4.69) is 9.97 Å². The number of pyridine rings is 1. The van der Waals surface area contributed by atoms with Gasteiger partial charge in [0.2, 0.25) is 0 Å². The second-order valence-corrected chi connectivity index (χ2v) is 2.94. The molecule has 0 aliphatic rings. The maximum absolute atomic E-state index is 5.70. The number of hydrogen-bond acceptors (Lipinski definition) is 2. The van der Waals surface area contributed by atoms with E-state index in [1.165, 1.54) is 0 Å². The summed E-state index contributed by atoms with van der Waals surface area (Å²) in [5.41, 5.74) is 8.66. The molecule has 1 unspecified atom stereocenters. The fourth-order valence-corrected chi connectivity index (χ4v) is 1.20. The number of nitrogens with two attached hydrogens (primary N) is 1. The van der Waals surface area contributed by atoms with Gasteiger partial charge in [0.15, 0.2) is 0 Å². The van der Waals surface area contributed by atoms with Crippen molar-refractivity contribution in [3.8, 4) is 0 Å². The Balaban J connectivity index is 0.000000845. The van der Waals surface area contributed by atoms with Crippen molar-refractivity contribution in [3.63, 3.8) is 0 Å². The third kappa shape index (κ3) is 1.82. The van der Waals surface area contributed by atoms with Gasteiger partial charge in [-0.15, -0.1) is 12.4 Å². The molecule has 70 valence electrons. The van der Waals surface area contributed by atoms with Crippen LogP contribution in [-0.2, 0) is 0 Å². The van der Waals surface area contributed by atoms with Gasteiger partial charge < -0.3 is 10.7 Å². The van der Waals surface area contributed by atoms with Gasteiger partial charge in [0.25, 0.3) is 0 Å². The topological polar surface area (TPSA) is 54.7 Å². The molecular weight excluding hydrogens is 186 g/mol. The number of aromatic amines is 1. The van der Waals surface area contributed by atoms with Crippen LogP contribution in [0.15, 0.2) is 24.4 Å². The van der Waals surface area contributed by atoms with Crippen LogP contribution in [0.25, 0.3) is 11.0 Å². The van der Waals surface area contributed by atoms with Gasteiger partial charge in [-0.05, 0) is 25.1 Å². The predicted octanol–water partition coefficient (Wildman–Crippen LogP) is 2.00. The van der Waals surface area contributed by atoms with Crippen molar-refractivity contribution in [2.75, 3.05) is 0 Å². The zero-order valence-electron chi connectivity index (χ0n) is 7.32. The molecule has 0 spiro atoms. The van der Waals surface area contributed by atoms with Crippen molar-refractivity contribution in [1.29, 1.82) is 0 Å². The first kappa shape index (κ1) is 10.0. The summed E-state index contributed by atoms with van der Waals surface area (Å²) in [6, 6.07) is 5.90. The summed E-state index contributed by atoms with van der Waals surface area (Å²) >= 11 is 0. The third-order valence-electron chi connectivity index (χ3n) is 1.89. The summed E-state index contributed by atoms with van der Waals surface area (Å²) in [5.74, 6) is 0. The van der Waals surface area contributed by atoms with Crippen molar-refractivity contribution in [3.05, 3.63) is 30.1 Å². The van der Waals surface area contributed by atoms with E-state index in [-0.39, 0.29) is 18.4 Å². The molecule has 3 nitrogen and oxygen atoms in total. The smallest absolute Gasteiger partial charge is 0.0882 e. The van der Waals surface area contributed by atoms with E-state index in [0.29, 0.717) is 0 Å². The second-order valence-electron chi connectivity index (χ2n) is 2.94. The van der Waals surface area contributed by atoms with Gasteiger partial charge in [0.05, 0.1) is 16.7 Å². The molecule has 13 heavy (non-hydrogen) atoms. The first-order chi connectivity index (χ1) is 5.77. The Hall–Kier alpha value is -1.06. The lowest BCUT2D eigenvalue weighted by Crippen LogP contribution is -2.06. The van der Waals surface area contributed by atoms with Crippen molar-refractivity contribution in [1.82, 2.24) is 9.97 Å². The number of hydrogen-bond donors (Lipinski definition) is 2. The zero-order chi connectivity index (χ0) is 8.55. The highest BCUT2D eigenvalue weighted by molar-refractivity contribution is 5.85. The Kier molecular flexibility index (Phi) is 2.90. The molecule has 0 fully saturated rings. The molecular formula is C9H12ClN3. The maximum atomic E-state index is 5.70. The van der Waals surface area contributed by atoms with E-state index in [9.17, 15) is 0 Å². The summed E-state index contributed by atoms with van der Waals surface area (Å²) in [7, 11) is 0. The molecule has 0 bridgehead atoms. The molecule has 0 radical (unpaired) electrons. The quantitative estimate of drug-likeness (QED) is 0.735. The summed E-state index contributed by atoms with van der Waals surface area (Å²) in [6.07, 6.45) is 1.88.